The summed E-state index contributed by atoms with van der Waals surface area (Å²) in [5.74, 6) is -0.248. The molecule has 1 aromatic heterocycles. The number of carbonyl (C=O) groups is 1. The van der Waals surface area contributed by atoms with Crippen molar-refractivity contribution in [1.82, 2.24) is 15.3 Å². The molecule has 0 atom stereocenters. The van der Waals surface area contributed by atoms with E-state index in [-0.39, 0.29) is 11.0 Å². The second-order valence-electron chi connectivity index (χ2n) is 5.08. The molecular weight excluding hydrogens is 432 g/mol. The van der Waals surface area contributed by atoms with E-state index in [9.17, 15) is 4.79 Å². The predicted molar refractivity (Wildman–Crippen MR) is 110 cm³/mol. The van der Waals surface area contributed by atoms with E-state index in [2.05, 4.69) is 36.5 Å². The Morgan fingerprint density at radius 2 is 1.65 bits per heavy atom. The molecule has 3 rings (SSSR count). The molecule has 0 saturated carbocycles. The van der Waals surface area contributed by atoms with Gasteiger partial charge in [-0.25, -0.2) is 9.97 Å². The molecule has 1 amide bonds. The van der Waals surface area contributed by atoms with Gasteiger partial charge in [-0.1, -0.05) is 18.2 Å². The number of nitrogens with zero attached hydrogens (tertiary/aromatic N) is 2. The second-order valence-corrected chi connectivity index (χ2v) is 7.45. The number of hydrogen-bond donors (Lipinski definition) is 2. The predicted octanol–water partition coefficient (Wildman–Crippen LogP) is 4.52. The molecule has 0 bridgehead atoms. The van der Waals surface area contributed by atoms with Crippen LogP contribution in [0.2, 0.25) is 0 Å². The normalized spacial score (nSPS) is 10.2. The fraction of sp³-hybridized carbons (Fsp3) is 0. The Morgan fingerprint density at radius 1 is 1.00 bits per heavy atom. The van der Waals surface area contributed by atoms with Crippen molar-refractivity contribution >= 4 is 56.6 Å². The third-order valence-corrected chi connectivity index (χ3v) is 4.70. The van der Waals surface area contributed by atoms with Crippen LogP contribution in [-0.2, 0) is 0 Å². The number of halogens is 1. The highest BCUT2D eigenvalue weighted by Gasteiger charge is 2.07. The molecule has 3 aromatic rings. The number of hydrogen-bond acceptors (Lipinski definition) is 5. The average molecular weight is 445 g/mol. The Labute approximate surface area is 168 Å². The molecule has 0 fully saturated rings. The maximum absolute atomic E-state index is 12.1. The first-order valence-corrected chi connectivity index (χ1v) is 9.55. The topological polar surface area (TPSA) is 66.9 Å². The summed E-state index contributed by atoms with van der Waals surface area (Å²) in [7, 11) is 0. The number of aromatic nitrogens is 2. The molecule has 1 heterocycles. The SMILES string of the molecule is O=C(NC(=S)Nc1ccc(Sc2ncc(Br)cn2)cc1)c1ccccc1. The minimum absolute atomic E-state index is 0.246. The fourth-order valence-electron chi connectivity index (χ4n) is 1.99. The van der Waals surface area contributed by atoms with Gasteiger partial charge in [0.2, 0.25) is 0 Å². The minimum atomic E-state index is -0.248. The van der Waals surface area contributed by atoms with Gasteiger partial charge in [-0.05, 0) is 76.3 Å². The van der Waals surface area contributed by atoms with Crippen LogP contribution < -0.4 is 10.6 Å². The molecule has 2 aromatic carbocycles. The Balaban J connectivity index is 1.56. The standard InChI is InChI=1S/C18H13BrN4OS2/c19-13-10-20-18(21-11-13)26-15-8-6-14(7-9-15)22-17(25)23-16(24)12-4-2-1-3-5-12/h1-11H,(H2,22,23,24,25). The van der Waals surface area contributed by atoms with Crippen LogP contribution in [0.25, 0.3) is 0 Å². The van der Waals surface area contributed by atoms with Gasteiger partial charge in [0.25, 0.3) is 5.91 Å². The van der Waals surface area contributed by atoms with Gasteiger partial charge in [0.05, 0.1) is 4.47 Å². The molecule has 0 aliphatic heterocycles. The van der Waals surface area contributed by atoms with Gasteiger partial charge in [0, 0.05) is 28.5 Å². The third kappa shape index (κ3) is 5.35. The van der Waals surface area contributed by atoms with Gasteiger partial charge in [0.1, 0.15) is 0 Å². The van der Waals surface area contributed by atoms with E-state index >= 15 is 0 Å². The Hall–Kier alpha value is -2.29. The summed E-state index contributed by atoms with van der Waals surface area (Å²) in [5, 5.41) is 6.56. The van der Waals surface area contributed by atoms with E-state index in [4.69, 9.17) is 12.2 Å². The van der Waals surface area contributed by atoms with E-state index in [1.165, 1.54) is 11.8 Å². The number of carbonyl (C=O) groups excluding carboxylic acids is 1. The maximum atomic E-state index is 12.1. The summed E-state index contributed by atoms with van der Waals surface area (Å²) in [5.41, 5.74) is 1.34. The molecule has 5 nitrogen and oxygen atoms in total. The van der Waals surface area contributed by atoms with Crippen molar-refractivity contribution in [2.45, 2.75) is 10.1 Å². The van der Waals surface area contributed by atoms with Crippen LogP contribution in [0.3, 0.4) is 0 Å². The molecule has 0 unspecified atom stereocenters. The van der Waals surface area contributed by atoms with Crippen molar-refractivity contribution in [3.63, 3.8) is 0 Å². The molecule has 0 radical (unpaired) electrons. The van der Waals surface area contributed by atoms with Crippen LogP contribution in [0, 0.1) is 0 Å². The first-order valence-electron chi connectivity index (χ1n) is 7.53. The fourth-order valence-corrected chi connectivity index (χ4v) is 3.10. The lowest BCUT2D eigenvalue weighted by Crippen LogP contribution is -2.34. The lowest BCUT2D eigenvalue weighted by molar-refractivity contribution is 0.0977. The van der Waals surface area contributed by atoms with Crippen molar-refractivity contribution in [1.29, 1.82) is 0 Å². The molecule has 0 saturated heterocycles. The average Bonchev–Trinajstić information content (AvgIpc) is 2.66. The van der Waals surface area contributed by atoms with Gasteiger partial charge in [-0.3, -0.25) is 10.1 Å². The number of thiocarbonyl (C=S) groups is 1. The van der Waals surface area contributed by atoms with Crippen molar-refractivity contribution in [3.8, 4) is 0 Å². The van der Waals surface area contributed by atoms with Crippen LogP contribution in [0.5, 0.6) is 0 Å². The van der Waals surface area contributed by atoms with Crippen LogP contribution >= 0.6 is 39.9 Å². The Bertz CT molecular complexity index is 903. The van der Waals surface area contributed by atoms with Gasteiger partial charge in [-0.15, -0.1) is 0 Å². The highest BCUT2D eigenvalue weighted by Crippen LogP contribution is 2.26. The second kappa shape index (κ2) is 8.88. The molecule has 26 heavy (non-hydrogen) atoms. The van der Waals surface area contributed by atoms with E-state index < -0.39 is 0 Å². The van der Waals surface area contributed by atoms with E-state index in [0.717, 1.165) is 15.1 Å². The quantitative estimate of drug-likeness (QED) is 0.455. The first-order chi connectivity index (χ1) is 12.6. The van der Waals surface area contributed by atoms with E-state index in [1.807, 2.05) is 30.3 Å². The lowest BCUT2D eigenvalue weighted by atomic mass is 10.2. The summed E-state index contributed by atoms with van der Waals surface area (Å²) in [4.78, 5) is 21.5. The van der Waals surface area contributed by atoms with Crippen LogP contribution in [0.15, 0.2) is 81.5 Å². The summed E-state index contributed by atoms with van der Waals surface area (Å²) >= 11 is 9.96. The molecule has 0 aliphatic carbocycles. The van der Waals surface area contributed by atoms with Gasteiger partial charge >= 0.3 is 0 Å². The number of amides is 1. The molecule has 0 aliphatic rings. The molecule has 130 valence electrons. The monoisotopic (exact) mass is 444 g/mol. The zero-order valence-electron chi connectivity index (χ0n) is 13.3. The van der Waals surface area contributed by atoms with Crippen molar-refractivity contribution < 1.29 is 4.79 Å². The molecule has 8 heteroatoms. The van der Waals surface area contributed by atoms with Crippen molar-refractivity contribution in [2.24, 2.45) is 0 Å². The highest BCUT2D eigenvalue weighted by molar-refractivity contribution is 9.10. The van der Waals surface area contributed by atoms with Crippen molar-refractivity contribution in [2.75, 3.05) is 5.32 Å². The smallest absolute Gasteiger partial charge is 0.257 e. The largest absolute Gasteiger partial charge is 0.332 e. The minimum Gasteiger partial charge on any atom is -0.332 e. The molecular formula is C18H13BrN4OS2. The zero-order chi connectivity index (χ0) is 18.4. The zero-order valence-corrected chi connectivity index (χ0v) is 16.6. The number of benzene rings is 2. The van der Waals surface area contributed by atoms with Gasteiger partial charge in [0.15, 0.2) is 10.3 Å². The Morgan fingerprint density at radius 3 is 2.31 bits per heavy atom. The first kappa shape index (κ1) is 18.5. The summed E-state index contributed by atoms with van der Waals surface area (Å²) < 4.78 is 0.840. The van der Waals surface area contributed by atoms with E-state index in [0.29, 0.717) is 10.7 Å². The third-order valence-electron chi connectivity index (χ3n) is 3.18. The highest BCUT2D eigenvalue weighted by atomic mass is 79.9. The van der Waals surface area contributed by atoms with Crippen molar-refractivity contribution in [3.05, 3.63) is 77.0 Å². The summed E-state index contributed by atoms with van der Waals surface area (Å²) in [6.07, 6.45) is 3.41. The number of rotatable bonds is 4. The summed E-state index contributed by atoms with van der Waals surface area (Å²) in [6, 6.07) is 16.5. The number of anilines is 1. The van der Waals surface area contributed by atoms with Gasteiger partial charge < -0.3 is 5.32 Å². The lowest BCUT2D eigenvalue weighted by Gasteiger charge is -2.10. The number of nitrogens with one attached hydrogen (secondary N) is 2. The van der Waals surface area contributed by atoms with Crippen LogP contribution in [0.1, 0.15) is 10.4 Å². The van der Waals surface area contributed by atoms with E-state index in [1.54, 1.807) is 36.7 Å². The Kier molecular flexibility index (Phi) is 6.32. The maximum Gasteiger partial charge on any atom is 0.257 e. The molecule has 0 spiro atoms. The molecule has 2 N–H and O–H groups in total. The summed E-state index contributed by atoms with van der Waals surface area (Å²) in [6.45, 7) is 0. The van der Waals surface area contributed by atoms with Crippen LogP contribution in [0.4, 0.5) is 5.69 Å². The van der Waals surface area contributed by atoms with Gasteiger partial charge in [-0.2, -0.15) is 0 Å². The van der Waals surface area contributed by atoms with Crippen LogP contribution in [-0.4, -0.2) is 21.0 Å².